The number of halogens is 1. The molecule has 116 valence electrons. The summed E-state index contributed by atoms with van der Waals surface area (Å²) in [6.45, 7) is 3.91. The highest BCUT2D eigenvalue weighted by Crippen LogP contribution is 2.17. The van der Waals surface area contributed by atoms with Crippen LogP contribution in [0.15, 0.2) is 18.5 Å². The van der Waals surface area contributed by atoms with E-state index in [1.807, 2.05) is 6.92 Å². The van der Waals surface area contributed by atoms with Gasteiger partial charge in [-0.1, -0.05) is 10.8 Å². The van der Waals surface area contributed by atoms with E-state index in [0.29, 0.717) is 26.3 Å². The Balaban J connectivity index is 2.16. The van der Waals surface area contributed by atoms with Crippen LogP contribution >= 0.6 is 0 Å². The number of hydrogen-bond donors (Lipinski definition) is 0. The maximum atomic E-state index is 12.5. The molecule has 0 radical (unpaired) electrons. The lowest BCUT2D eigenvalue weighted by atomic mass is 10.1. The molecule has 0 N–H and O–H groups in total. The topological polar surface area (TPSA) is 85.8 Å². The van der Waals surface area contributed by atoms with Crippen molar-refractivity contribution in [1.29, 1.82) is 0 Å². The van der Waals surface area contributed by atoms with Gasteiger partial charge in [-0.05, 0) is 12.0 Å². The lowest BCUT2D eigenvalue weighted by Crippen LogP contribution is -2.35. The molecule has 0 spiro atoms. The van der Waals surface area contributed by atoms with Crippen LogP contribution in [0.25, 0.3) is 0 Å². The van der Waals surface area contributed by atoms with E-state index in [0.717, 1.165) is 12.3 Å². The average molecular weight is 318 g/mol. The Morgan fingerprint density at radius 3 is 3.00 bits per heavy atom. The Bertz CT molecular complexity index is 622. The van der Waals surface area contributed by atoms with Crippen LogP contribution in [0.2, 0.25) is 0 Å². The fourth-order valence-corrected chi connectivity index (χ4v) is 2.36. The lowest BCUT2D eigenvalue weighted by Gasteiger charge is -2.21. The quantitative estimate of drug-likeness (QED) is 0.766. The fourth-order valence-electron chi connectivity index (χ4n) is 2.04. The molecule has 7 nitrogen and oxygen atoms in total. The van der Waals surface area contributed by atoms with E-state index < -0.39 is 10.5 Å². The summed E-state index contributed by atoms with van der Waals surface area (Å²) in [5.74, 6) is -0.487. The van der Waals surface area contributed by atoms with Gasteiger partial charge in [-0.2, -0.15) is 8.42 Å². The van der Waals surface area contributed by atoms with E-state index in [1.165, 1.54) is 6.20 Å². The van der Waals surface area contributed by atoms with Gasteiger partial charge in [0.25, 0.3) is 5.91 Å². The van der Waals surface area contributed by atoms with E-state index >= 15 is 0 Å². The van der Waals surface area contributed by atoms with Crippen molar-refractivity contribution in [2.75, 3.05) is 26.3 Å². The predicted octanol–water partition coefficient (Wildman–Crippen LogP) is 0.783. The van der Waals surface area contributed by atoms with Gasteiger partial charge in [0.1, 0.15) is 0 Å². The van der Waals surface area contributed by atoms with Crippen LogP contribution < -0.4 is 4.18 Å². The van der Waals surface area contributed by atoms with Crippen molar-refractivity contribution in [2.45, 2.75) is 6.92 Å². The van der Waals surface area contributed by atoms with Crippen LogP contribution in [0.1, 0.15) is 17.3 Å². The molecule has 1 amide bonds. The predicted molar refractivity (Wildman–Crippen MR) is 70.8 cm³/mol. The molecule has 2 heterocycles. The van der Waals surface area contributed by atoms with Gasteiger partial charge in [0.15, 0.2) is 5.75 Å². The second-order valence-electron chi connectivity index (χ2n) is 4.82. The highest BCUT2D eigenvalue weighted by atomic mass is 32.3. The van der Waals surface area contributed by atoms with E-state index in [4.69, 9.17) is 4.74 Å². The molecule has 1 aliphatic heterocycles. The zero-order chi connectivity index (χ0) is 15.5. The van der Waals surface area contributed by atoms with Crippen molar-refractivity contribution < 1.29 is 26.0 Å². The summed E-state index contributed by atoms with van der Waals surface area (Å²) >= 11 is 0. The molecule has 21 heavy (non-hydrogen) atoms. The van der Waals surface area contributed by atoms with E-state index in [2.05, 4.69) is 9.17 Å². The Morgan fingerprint density at radius 2 is 2.29 bits per heavy atom. The Morgan fingerprint density at radius 1 is 1.52 bits per heavy atom. The number of pyridine rings is 1. The van der Waals surface area contributed by atoms with Crippen molar-refractivity contribution in [3.8, 4) is 5.75 Å². The molecule has 1 saturated heterocycles. The lowest BCUT2D eigenvalue weighted by molar-refractivity contribution is 0.0737. The highest BCUT2D eigenvalue weighted by Gasteiger charge is 2.22. The minimum atomic E-state index is -5.14. The molecule has 9 heteroatoms. The Labute approximate surface area is 122 Å². The van der Waals surface area contributed by atoms with Crippen LogP contribution in [0.4, 0.5) is 3.89 Å². The highest BCUT2D eigenvalue weighted by molar-refractivity contribution is 7.81. The molecule has 1 aromatic rings. The number of aromatic nitrogens is 1. The zero-order valence-electron chi connectivity index (χ0n) is 11.4. The maximum absolute atomic E-state index is 12.5. The van der Waals surface area contributed by atoms with Gasteiger partial charge >= 0.3 is 10.5 Å². The van der Waals surface area contributed by atoms with Crippen molar-refractivity contribution >= 4 is 16.4 Å². The molecule has 1 unspecified atom stereocenters. The SMILES string of the molecule is CC1COCCN(C(=O)c2cncc(OS(=O)(=O)F)c2)C1. The standard InChI is InChI=1S/C12H15FN2O5S/c1-9-7-15(2-3-19-8-9)12(16)10-4-11(6-14-5-10)20-21(13,17)18/h4-6,9H,2-3,7-8H2,1H3. The summed E-state index contributed by atoms with van der Waals surface area (Å²) in [6.07, 6.45) is 2.29. The molecule has 2 rings (SSSR count). The van der Waals surface area contributed by atoms with Crippen molar-refractivity contribution in [1.82, 2.24) is 9.88 Å². The van der Waals surface area contributed by atoms with Crippen LogP contribution in [-0.4, -0.2) is 50.5 Å². The molecule has 0 saturated carbocycles. The van der Waals surface area contributed by atoms with Gasteiger partial charge in [-0.3, -0.25) is 9.78 Å². The summed E-state index contributed by atoms with van der Waals surface area (Å²) < 4.78 is 42.8. The zero-order valence-corrected chi connectivity index (χ0v) is 12.2. The normalized spacial score (nSPS) is 19.9. The number of hydrogen-bond acceptors (Lipinski definition) is 6. The van der Waals surface area contributed by atoms with E-state index in [9.17, 15) is 17.1 Å². The minimum absolute atomic E-state index is 0.130. The molecule has 0 aliphatic carbocycles. The summed E-state index contributed by atoms with van der Waals surface area (Å²) in [6, 6.07) is 1.14. The first-order chi connectivity index (χ1) is 9.85. The first-order valence-corrected chi connectivity index (χ1v) is 7.62. The number of ether oxygens (including phenoxy) is 1. The Hall–Kier alpha value is -1.74. The van der Waals surface area contributed by atoms with Gasteiger partial charge in [0.2, 0.25) is 0 Å². The van der Waals surface area contributed by atoms with Crippen LogP contribution in [0.5, 0.6) is 5.75 Å². The second-order valence-corrected chi connectivity index (χ2v) is 5.77. The van der Waals surface area contributed by atoms with Crippen LogP contribution in [0, 0.1) is 5.92 Å². The molecular formula is C12H15FN2O5S. The molecule has 1 aliphatic rings. The molecule has 1 atom stereocenters. The molecule has 0 bridgehead atoms. The van der Waals surface area contributed by atoms with E-state index in [1.54, 1.807) is 4.90 Å². The largest absolute Gasteiger partial charge is 0.488 e. The van der Waals surface area contributed by atoms with Crippen molar-refractivity contribution in [2.24, 2.45) is 5.92 Å². The molecular weight excluding hydrogens is 303 g/mol. The number of rotatable bonds is 3. The summed E-state index contributed by atoms with van der Waals surface area (Å²) in [4.78, 5) is 17.6. The molecule has 0 aromatic carbocycles. The van der Waals surface area contributed by atoms with Crippen molar-refractivity contribution in [3.05, 3.63) is 24.0 Å². The van der Waals surface area contributed by atoms with Gasteiger partial charge in [-0.15, -0.1) is 0 Å². The third-order valence-corrected chi connectivity index (χ3v) is 3.27. The number of nitrogens with zero attached hydrogens (tertiary/aromatic N) is 2. The van der Waals surface area contributed by atoms with Crippen LogP contribution in [0.3, 0.4) is 0 Å². The summed E-state index contributed by atoms with van der Waals surface area (Å²) in [5, 5.41) is 0. The summed E-state index contributed by atoms with van der Waals surface area (Å²) in [5.41, 5.74) is 0.130. The van der Waals surface area contributed by atoms with Crippen LogP contribution in [-0.2, 0) is 15.2 Å². The van der Waals surface area contributed by atoms with Gasteiger partial charge in [0.05, 0.1) is 25.0 Å². The van der Waals surface area contributed by atoms with Gasteiger partial charge in [0, 0.05) is 19.3 Å². The van der Waals surface area contributed by atoms with Gasteiger partial charge < -0.3 is 13.8 Å². The fraction of sp³-hybridized carbons (Fsp3) is 0.500. The summed E-state index contributed by atoms with van der Waals surface area (Å²) in [7, 11) is -5.14. The first-order valence-electron chi connectivity index (χ1n) is 6.31. The van der Waals surface area contributed by atoms with E-state index in [-0.39, 0.29) is 23.1 Å². The minimum Gasteiger partial charge on any atom is -0.379 e. The maximum Gasteiger partial charge on any atom is 0.488 e. The molecule has 1 aromatic heterocycles. The first kappa shape index (κ1) is 15.6. The third-order valence-electron chi connectivity index (χ3n) is 2.88. The third kappa shape index (κ3) is 4.64. The number of amides is 1. The molecule has 1 fully saturated rings. The average Bonchev–Trinajstić information content (AvgIpc) is 2.61. The van der Waals surface area contributed by atoms with Gasteiger partial charge in [-0.25, -0.2) is 0 Å². The monoisotopic (exact) mass is 318 g/mol. The van der Waals surface area contributed by atoms with Crippen molar-refractivity contribution in [3.63, 3.8) is 0 Å². The Kier molecular flexibility index (Phi) is 4.73. The smallest absolute Gasteiger partial charge is 0.379 e. The number of carbonyl (C=O) groups is 1. The second kappa shape index (κ2) is 6.35. The number of carbonyl (C=O) groups excluding carboxylic acids is 1.